The second-order valence-corrected chi connectivity index (χ2v) is 5.79. The molecule has 1 unspecified atom stereocenters. The molecule has 0 spiro atoms. The minimum absolute atomic E-state index is 0.0801. The predicted octanol–water partition coefficient (Wildman–Crippen LogP) is 4.03. The molecular weight excluding hydrogens is 238 g/mol. The summed E-state index contributed by atoms with van der Waals surface area (Å²) < 4.78 is 0. The molecule has 0 radical (unpaired) electrons. The lowest BCUT2D eigenvalue weighted by Crippen LogP contribution is -2.41. The Kier molecular flexibility index (Phi) is 4.56. The van der Waals surface area contributed by atoms with E-state index in [2.05, 4.69) is 54.1 Å². The first kappa shape index (κ1) is 13.3. The van der Waals surface area contributed by atoms with Crippen LogP contribution in [0.2, 0.25) is 0 Å². The van der Waals surface area contributed by atoms with Gasteiger partial charge in [0.2, 0.25) is 0 Å². The molecule has 0 amide bonds. The van der Waals surface area contributed by atoms with Crippen molar-refractivity contribution in [2.45, 2.75) is 38.1 Å². The maximum Gasteiger partial charge on any atom is 0.0195 e. The summed E-state index contributed by atoms with van der Waals surface area (Å²) in [5, 5.41) is 4.36. The van der Waals surface area contributed by atoms with Gasteiger partial charge in [0, 0.05) is 5.54 Å². The van der Waals surface area contributed by atoms with Crippen LogP contribution in [0.15, 0.2) is 47.2 Å². The monoisotopic (exact) mass is 259 g/mol. The summed E-state index contributed by atoms with van der Waals surface area (Å²) in [7, 11) is 0. The van der Waals surface area contributed by atoms with E-state index < -0.39 is 0 Å². The van der Waals surface area contributed by atoms with Gasteiger partial charge in [0.1, 0.15) is 0 Å². The van der Waals surface area contributed by atoms with E-state index in [4.69, 9.17) is 5.73 Å². The van der Waals surface area contributed by atoms with E-state index >= 15 is 0 Å². The van der Waals surface area contributed by atoms with E-state index in [9.17, 15) is 0 Å². The summed E-state index contributed by atoms with van der Waals surface area (Å²) in [5.41, 5.74) is 9.22. The van der Waals surface area contributed by atoms with Crippen molar-refractivity contribution in [2.24, 2.45) is 5.73 Å². The Morgan fingerprint density at radius 3 is 2.50 bits per heavy atom. The van der Waals surface area contributed by atoms with Crippen molar-refractivity contribution in [2.75, 3.05) is 0 Å². The molecule has 0 aliphatic heterocycles. The Bertz CT molecular complexity index is 449. The summed E-state index contributed by atoms with van der Waals surface area (Å²) in [6.45, 7) is 2.19. The standard InChI is InChI=1S/C16H21NS/c1-2-16(17,10-8-15-9-11-18-13-15)12-14-6-4-3-5-7-14/h3-7,9,11,13H,2,8,10,12,17H2,1H3. The minimum atomic E-state index is -0.0801. The van der Waals surface area contributed by atoms with Crippen LogP contribution >= 0.6 is 11.3 Å². The normalized spacial score (nSPS) is 14.3. The first-order chi connectivity index (χ1) is 8.72. The Morgan fingerprint density at radius 1 is 1.11 bits per heavy atom. The van der Waals surface area contributed by atoms with Crippen LogP contribution in [0.5, 0.6) is 0 Å². The Morgan fingerprint density at radius 2 is 1.89 bits per heavy atom. The fourth-order valence-corrected chi connectivity index (χ4v) is 2.92. The van der Waals surface area contributed by atoms with Gasteiger partial charge in [0.25, 0.3) is 0 Å². The molecule has 0 fully saturated rings. The number of nitrogens with two attached hydrogens (primary N) is 1. The smallest absolute Gasteiger partial charge is 0.0195 e. The third-order valence-corrected chi connectivity index (χ3v) is 4.33. The number of thiophene rings is 1. The fourth-order valence-electron chi connectivity index (χ4n) is 2.22. The predicted molar refractivity (Wildman–Crippen MR) is 80.0 cm³/mol. The molecule has 96 valence electrons. The second kappa shape index (κ2) is 6.17. The molecule has 0 aliphatic carbocycles. The summed E-state index contributed by atoms with van der Waals surface area (Å²) in [5.74, 6) is 0. The molecule has 1 aromatic heterocycles. The number of hydrogen-bond donors (Lipinski definition) is 1. The maximum atomic E-state index is 6.55. The molecule has 0 saturated carbocycles. The van der Waals surface area contributed by atoms with Crippen LogP contribution in [0.4, 0.5) is 0 Å². The molecule has 1 nitrogen and oxygen atoms in total. The van der Waals surface area contributed by atoms with Crippen molar-refractivity contribution in [3.63, 3.8) is 0 Å². The van der Waals surface area contributed by atoms with Gasteiger partial charge in [0.15, 0.2) is 0 Å². The van der Waals surface area contributed by atoms with Crippen molar-refractivity contribution in [3.05, 3.63) is 58.3 Å². The largest absolute Gasteiger partial charge is 0.325 e. The number of aryl methyl sites for hydroxylation is 1. The molecule has 18 heavy (non-hydrogen) atoms. The zero-order valence-electron chi connectivity index (χ0n) is 10.9. The Hall–Kier alpha value is -1.12. The third-order valence-electron chi connectivity index (χ3n) is 3.59. The lowest BCUT2D eigenvalue weighted by atomic mass is 9.84. The van der Waals surface area contributed by atoms with E-state index in [1.807, 2.05) is 0 Å². The molecular formula is C16H21NS. The Balaban J connectivity index is 1.97. The number of hydrogen-bond acceptors (Lipinski definition) is 2. The van der Waals surface area contributed by atoms with E-state index in [0.29, 0.717) is 0 Å². The van der Waals surface area contributed by atoms with Crippen molar-refractivity contribution >= 4 is 11.3 Å². The molecule has 2 N–H and O–H groups in total. The highest BCUT2D eigenvalue weighted by Gasteiger charge is 2.22. The molecule has 2 aromatic rings. The van der Waals surface area contributed by atoms with Crippen LogP contribution in [0.25, 0.3) is 0 Å². The lowest BCUT2D eigenvalue weighted by molar-refractivity contribution is 0.377. The zero-order valence-corrected chi connectivity index (χ0v) is 11.7. The summed E-state index contributed by atoms with van der Waals surface area (Å²) in [6, 6.07) is 12.8. The van der Waals surface area contributed by atoms with Gasteiger partial charge in [-0.1, -0.05) is 37.3 Å². The van der Waals surface area contributed by atoms with Gasteiger partial charge in [-0.2, -0.15) is 11.3 Å². The molecule has 1 heterocycles. The first-order valence-electron chi connectivity index (χ1n) is 6.56. The summed E-state index contributed by atoms with van der Waals surface area (Å²) in [4.78, 5) is 0. The first-order valence-corrected chi connectivity index (χ1v) is 7.50. The lowest BCUT2D eigenvalue weighted by Gasteiger charge is -2.28. The summed E-state index contributed by atoms with van der Waals surface area (Å²) in [6.07, 6.45) is 4.12. The van der Waals surface area contributed by atoms with E-state index in [-0.39, 0.29) is 5.54 Å². The molecule has 0 saturated heterocycles. The fraction of sp³-hybridized carbons (Fsp3) is 0.375. The van der Waals surface area contributed by atoms with Crippen molar-refractivity contribution in [3.8, 4) is 0 Å². The van der Waals surface area contributed by atoms with Gasteiger partial charge in [-0.3, -0.25) is 0 Å². The van der Waals surface area contributed by atoms with Gasteiger partial charge < -0.3 is 5.73 Å². The van der Waals surface area contributed by atoms with Crippen LogP contribution in [0, 0.1) is 0 Å². The minimum Gasteiger partial charge on any atom is -0.325 e. The average Bonchev–Trinajstić information content (AvgIpc) is 2.91. The number of benzene rings is 1. The van der Waals surface area contributed by atoms with Crippen molar-refractivity contribution in [1.82, 2.24) is 0 Å². The maximum absolute atomic E-state index is 6.55. The highest BCUT2D eigenvalue weighted by Crippen LogP contribution is 2.21. The topological polar surface area (TPSA) is 26.0 Å². The van der Waals surface area contributed by atoms with E-state index in [0.717, 1.165) is 25.7 Å². The molecule has 2 rings (SSSR count). The van der Waals surface area contributed by atoms with Crippen molar-refractivity contribution in [1.29, 1.82) is 0 Å². The van der Waals surface area contributed by atoms with Gasteiger partial charge >= 0.3 is 0 Å². The number of rotatable bonds is 6. The van der Waals surface area contributed by atoms with Crippen LogP contribution in [0.1, 0.15) is 30.9 Å². The average molecular weight is 259 g/mol. The third kappa shape index (κ3) is 3.69. The van der Waals surface area contributed by atoms with Gasteiger partial charge in [-0.25, -0.2) is 0 Å². The van der Waals surface area contributed by atoms with Gasteiger partial charge in [0.05, 0.1) is 0 Å². The quantitative estimate of drug-likeness (QED) is 0.832. The van der Waals surface area contributed by atoms with Crippen molar-refractivity contribution < 1.29 is 0 Å². The molecule has 1 aromatic carbocycles. The van der Waals surface area contributed by atoms with E-state index in [1.54, 1.807) is 11.3 Å². The van der Waals surface area contributed by atoms with Gasteiger partial charge in [-0.05, 0) is 53.6 Å². The molecule has 1 atom stereocenters. The van der Waals surface area contributed by atoms with E-state index in [1.165, 1.54) is 11.1 Å². The second-order valence-electron chi connectivity index (χ2n) is 5.01. The highest BCUT2D eigenvalue weighted by atomic mass is 32.1. The molecule has 0 bridgehead atoms. The van der Waals surface area contributed by atoms with Crippen LogP contribution in [0.3, 0.4) is 0 Å². The highest BCUT2D eigenvalue weighted by molar-refractivity contribution is 7.07. The molecule has 2 heteroatoms. The van der Waals surface area contributed by atoms with Crippen LogP contribution in [-0.2, 0) is 12.8 Å². The summed E-state index contributed by atoms with van der Waals surface area (Å²) >= 11 is 1.76. The van der Waals surface area contributed by atoms with Crippen LogP contribution in [-0.4, -0.2) is 5.54 Å². The Labute approximate surface area is 114 Å². The zero-order chi connectivity index (χ0) is 12.8. The molecule has 0 aliphatic rings. The SMILES string of the molecule is CCC(N)(CCc1ccsc1)Cc1ccccc1. The van der Waals surface area contributed by atoms with Gasteiger partial charge in [-0.15, -0.1) is 0 Å². The van der Waals surface area contributed by atoms with Crippen LogP contribution < -0.4 is 5.73 Å².